The molecule has 5 nitrogen and oxygen atoms in total. The molecule has 0 spiro atoms. The summed E-state index contributed by atoms with van der Waals surface area (Å²) in [5.74, 6) is -0.977. The molecule has 0 saturated heterocycles. The average Bonchev–Trinajstić information content (AvgIpc) is 3.24. The lowest BCUT2D eigenvalue weighted by Crippen LogP contribution is -2.27. The number of halogens is 1. The van der Waals surface area contributed by atoms with E-state index in [0.29, 0.717) is 23.3 Å². The molecule has 4 rings (SSSR count). The Hall–Kier alpha value is -3.18. The van der Waals surface area contributed by atoms with Gasteiger partial charge in [0.15, 0.2) is 0 Å². The molecule has 3 aromatic rings. The fourth-order valence-electron chi connectivity index (χ4n) is 4.11. The highest BCUT2D eigenvalue weighted by molar-refractivity contribution is 6.30. The van der Waals surface area contributed by atoms with Gasteiger partial charge in [-0.05, 0) is 23.3 Å². The van der Waals surface area contributed by atoms with Gasteiger partial charge in [-0.1, -0.05) is 54.1 Å². The minimum Gasteiger partial charge on any atom is -0.481 e. The number of carbonyl (C=O) groups excluding carboxylic acids is 2. The molecule has 146 valence electrons. The molecule has 6 heteroatoms. The summed E-state index contributed by atoms with van der Waals surface area (Å²) in [5.41, 5.74) is 3.63. The third-order valence-electron chi connectivity index (χ3n) is 5.41. The number of rotatable bonds is 6. The Morgan fingerprint density at radius 2 is 1.62 bits per heavy atom. The van der Waals surface area contributed by atoms with Crippen molar-refractivity contribution < 1.29 is 19.5 Å². The number of aldehydes is 2. The van der Waals surface area contributed by atoms with Crippen LogP contribution in [0.2, 0.25) is 5.02 Å². The first-order chi connectivity index (χ1) is 14.0. The highest BCUT2D eigenvalue weighted by Gasteiger charge is 2.42. The van der Waals surface area contributed by atoms with Gasteiger partial charge in [-0.2, -0.15) is 0 Å². The van der Waals surface area contributed by atoms with E-state index < -0.39 is 11.4 Å². The van der Waals surface area contributed by atoms with Gasteiger partial charge < -0.3 is 19.3 Å². The van der Waals surface area contributed by atoms with Gasteiger partial charge in [0.05, 0.1) is 6.42 Å². The second-order valence-corrected chi connectivity index (χ2v) is 7.76. The van der Waals surface area contributed by atoms with E-state index in [4.69, 9.17) is 11.6 Å². The highest BCUT2D eigenvalue weighted by atomic mass is 35.5. The van der Waals surface area contributed by atoms with Gasteiger partial charge in [0.25, 0.3) is 0 Å². The van der Waals surface area contributed by atoms with E-state index in [-0.39, 0.29) is 19.4 Å². The number of nitrogens with zero attached hydrogens (tertiary/aromatic N) is 1. The predicted octanol–water partition coefficient (Wildman–Crippen LogP) is 4.04. The molecule has 0 bridgehead atoms. The number of carbonyl (C=O) groups is 3. The summed E-state index contributed by atoms with van der Waals surface area (Å²) >= 11 is 6.05. The van der Waals surface area contributed by atoms with Crippen molar-refractivity contribution >= 4 is 30.1 Å². The molecule has 29 heavy (non-hydrogen) atoms. The van der Waals surface area contributed by atoms with Crippen LogP contribution in [0.25, 0.3) is 22.3 Å². The van der Waals surface area contributed by atoms with E-state index in [2.05, 4.69) is 0 Å². The zero-order chi connectivity index (χ0) is 20.6. The standard InChI is InChI=1S/C23H18ClNO4/c24-17-8-6-16(7-9-17)21-18(10-20(28)29)25-12-23(13-26,14-27)11-19(25)22(21)15-4-2-1-3-5-15/h1-9,13-14H,10-12H2,(H,28,29). The molecule has 0 amide bonds. The third kappa shape index (κ3) is 3.28. The quantitative estimate of drug-likeness (QED) is 0.494. The van der Waals surface area contributed by atoms with Crippen LogP contribution in [-0.2, 0) is 33.8 Å². The second kappa shape index (κ2) is 7.33. The molecular formula is C23H18ClNO4. The largest absolute Gasteiger partial charge is 0.481 e. The van der Waals surface area contributed by atoms with Crippen molar-refractivity contribution in [3.63, 3.8) is 0 Å². The van der Waals surface area contributed by atoms with E-state index in [0.717, 1.165) is 27.9 Å². The van der Waals surface area contributed by atoms with Crippen LogP contribution in [-0.4, -0.2) is 28.2 Å². The molecule has 0 unspecified atom stereocenters. The van der Waals surface area contributed by atoms with Gasteiger partial charge in [-0.25, -0.2) is 0 Å². The van der Waals surface area contributed by atoms with E-state index in [9.17, 15) is 19.5 Å². The molecule has 1 N–H and O–H groups in total. The van der Waals surface area contributed by atoms with Crippen molar-refractivity contribution in [3.05, 3.63) is 71.0 Å². The van der Waals surface area contributed by atoms with Gasteiger partial charge >= 0.3 is 5.97 Å². The van der Waals surface area contributed by atoms with Crippen LogP contribution in [0.3, 0.4) is 0 Å². The normalized spacial score (nSPS) is 14.4. The van der Waals surface area contributed by atoms with E-state index in [1.54, 1.807) is 12.1 Å². The van der Waals surface area contributed by atoms with E-state index in [1.165, 1.54) is 0 Å². The molecule has 2 aromatic carbocycles. The Kier molecular flexibility index (Phi) is 4.84. The lowest BCUT2D eigenvalue weighted by molar-refractivity contribution is -0.136. The summed E-state index contributed by atoms with van der Waals surface area (Å²) in [6.07, 6.45) is 1.37. The smallest absolute Gasteiger partial charge is 0.309 e. The Balaban J connectivity index is 2.04. The molecular weight excluding hydrogens is 390 g/mol. The van der Waals surface area contributed by atoms with Crippen LogP contribution < -0.4 is 0 Å². The summed E-state index contributed by atoms with van der Waals surface area (Å²) < 4.78 is 1.84. The molecule has 0 saturated carbocycles. The third-order valence-corrected chi connectivity index (χ3v) is 5.66. The SMILES string of the molecule is O=CC1(C=O)Cc2c(-c3ccccc3)c(-c3ccc(Cl)cc3)c(CC(=O)O)n2C1. The summed E-state index contributed by atoms with van der Waals surface area (Å²) in [5, 5.41) is 10.2. The Labute approximate surface area is 172 Å². The summed E-state index contributed by atoms with van der Waals surface area (Å²) in [6.45, 7) is 0.144. The minimum atomic E-state index is -1.16. The fourth-order valence-corrected chi connectivity index (χ4v) is 4.24. The number of hydrogen-bond acceptors (Lipinski definition) is 3. The number of carboxylic acids is 1. The first kappa shape index (κ1) is 19.2. The maximum Gasteiger partial charge on any atom is 0.309 e. The van der Waals surface area contributed by atoms with Crippen LogP contribution >= 0.6 is 11.6 Å². The Bertz CT molecular complexity index is 1090. The van der Waals surface area contributed by atoms with Crippen molar-refractivity contribution in [3.8, 4) is 22.3 Å². The van der Waals surface area contributed by atoms with Gasteiger partial charge in [-0.3, -0.25) is 4.79 Å². The lowest BCUT2D eigenvalue weighted by atomic mass is 9.85. The summed E-state index contributed by atoms with van der Waals surface area (Å²) in [6, 6.07) is 16.9. The first-order valence-corrected chi connectivity index (χ1v) is 9.56. The van der Waals surface area contributed by atoms with Crippen LogP contribution in [0.5, 0.6) is 0 Å². The molecule has 1 aromatic heterocycles. The molecule has 0 atom stereocenters. The van der Waals surface area contributed by atoms with Crippen molar-refractivity contribution in [2.75, 3.05) is 0 Å². The van der Waals surface area contributed by atoms with Gasteiger partial charge in [0.2, 0.25) is 0 Å². The van der Waals surface area contributed by atoms with Crippen LogP contribution in [0.15, 0.2) is 54.6 Å². The monoisotopic (exact) mass is 407 g/mol. The zero-order valence-electron chi connectivity index (χ0n) is 15.5. The molecule has 1 aliphatic rings. The van der Waals surface area contributed by atoms with Crippen LogP contribution in [0, 0.1) is 5.41 Å². The lowest BCUT2D eigenvalue weighted by Gasteiger charge is -2.16. The Morgan fingerprint density at radius 3 is 2.21 bits per heavy atom. The maximum absolute atomic E-state index is 11.7. The van der Waals surface area contributed by atoms with E-state index >= 15 is 0 Å². The van der Waals surface area contributed by atoms with Crippen molar-refractivity contribution in [2.45, 2.75) is 19.4 Å². The predicted molar refractivity (Wildman–Crippen MR) is 110 cm³/mol. The fraction of sp³-hybridized carbons (Fsp3) is 0.174. The topological polar surface area (TPSA) is 76.4 Å². The van der Waals surface area contributed by atoms with Crippen molar-refractivity contribution in [1.82, 2.24) is 4.57 Å². The number of aliphatic carboxylic acids is 1. The first-order valence-electron chi connectivity index (χ1n) is 9.18. The molecule has 2 heterocycles. The molecule has 0 radical (unpaired) electrons. The number of aromatic nitrogens is 1. The van der Waals surface area contributed by atoms with Crippen LogP contribution in [0.4, 0.5) is 0 Å². The number of hydrogen-bond donors (Lipinski definition) is 1. The van der Waals surface area contributed by atoms with Crippen LogP contribution in [0.1, 0.15) is 11.4 Å². The number of fused-ring (bicyclic) bond motifs is 1. The zero-order valence-corrected chi connectivity index (χ0v) is 16.2. The summed E-state index contributed by atoms with van der Waals surface area (Å²) in [4.78, 5) is 35.1. The summed E-state index contributed by atoms with van der Waals surface area (Å²) in [7, 11) is 0. The second-order valence-electron chi connectivity index (χ2n) is 7.32. The maximum atomic E-state index is 11.7. The molecule has 0 fully saturated rings. The van der Waals surface area contributed by atoms with Gasteiger partial charge in [-0.15, -0.1) is 0 Å². The Morgan fingerprint density at radius 1 is 1.00 bits per heavy atom. The van der Waals surface area contributed by atoms with E-state index in [1.807, 2.05) is 47.0 Å². The highest BCUT2D eigenvalue weighted by Crippen LogP contribution is 2.46. The average molecular weight is 408 g/mol. The molecule has 1 aliphatic heterocycles. The number of benzene rings is 2. The van der Waals surface area contributed by atoms with Gasteiger partial charge in [0, 0.05) is 40.5 Å². The number of carboxylic acid groups (broad SMARTS) is 1. The minimum absolute atomic E-state index is 0.144. The van der Waals surface area contributed by atoms with Crippen molar-refractivity contribution in [2.24, 2.45) is 5.41 Å². The molecule has 0 aliphatic carbocycles. The van der Waals surface area contributed by atoms with Gasteiger partial charge in [0.1, 0.15) is 18.0 Å². The van der Waals surface area contributed by atoms with Crippen molar-refractivity contribution in [1.29, 1.82) is 0 Å².